The van der Waals surface area contributed by atoms with Crippen molar-refractivity contribution in [3.05, 3.63) is 35.0 Å². The number of fused-ring (bicyclic) bond motifs is 1. The predicted octanol–water partition coefficient (Wildman–Crippen LogP) is 3.01. The van der Waals surface area contributed by atoms with Crippen molar-refractivity contribution in [2.24, 2.45) is 5.92 Å². The molecule has 7 heteroatoms. The number of carbonyl (C=O) groups excluding carboxylic acids is 2. The molecule has 5 nitrogen and oxygen atoms in total. The number of thiophene rings is 1. The van der Waals surface area contributed by atoms with Crippen LogP contribution < -0.4 is 5.32 Å². The van der Waals surface area contributed by atoms with Crippen molar-refractivity contribution in [3.8, 4) is 6.07 Å². The van der Waals surface area contributed by atoms with E-state index in [4.69, 9.17) is 4.74 Å². The number of ether oxygens (including phenoxy) is 1. The molecule has 0 radical (unpaired) electrons. The summed E-state index contributed by atoms with van der Waals surface area (Å²) in [7, 11) is 0. The van der Waals surface area contributed by atoms with Crippen LogP contribution in [0, 0.1) is 23.1 Å². The molecule has 1 aliphatic rings. The Morgan fingerprint density at radius 2 is 2.21 bits per heavy atom. The van der Waals surface area contributed by atoms with Crippen molar-refractivity contribution >= 4 is 33.3 Å². The number of nitrogens with zero attached hydrogens (tertiary/aromatic N) is 1. The number of nitriles is 1. The highest BCUT2D eigenvalue weighted by atomic mass is 32.1. The number of carbonyl (C=O) groups is 2. The number of halogens is 1. The van der Waals surface area contributed by atoms with Gasteiger partial charge in [-0.05, 0) is 55.3 Å². The molecule has 1 atom stereocenters. The Morgan fingerprint density at radius 1 is 1.46 bits per heavy atom. The number of hydrogen-bond donors (Lipinski definition) is 1. The first kappa shape index (κ1) is 16.4. The van der Waals surface area contributed by atoms with Crippen LogP contribution >= 0.6 is 11.3 Å². The SMILES string of the molecule is C[C@@](C#N)(NC(=O)COC(=O)c1cc2cc(F)ccc2s1)C1CC1. The van der Waals surface area contributed by atoms with Gasteiger partial charge < -0.3 is 10.1 Å². The third-order valence-corrected chi connectivity index (χ3v) is 5.14. The van der Waals surface area contributed by atoms with Gasteiger partial charge in [0.15, 0.2) is 6.61 Å². The average Bonchev–Trinajstić information content (AvgIpc) is 3.33. The quantitative estimate of drug-likeness (QED) is 0.844. The summed E-state index contributed by atoms with van der Waals surface area (Å²) >= 11 is 1.17. The lowest BCUT2D eigenvalue weighted by Crippen LogP contribution is -2.48. The van der Waals surface area contributed by atoms with E-state index < -0.39 is 24.0 Å². The minimum atomic E-state index is -0.918. The van der Waals surface area contributed by atoms with E-state index in [1.807, 2.05) is 0 Å². The molecule has 1 fully saturated rings. The van der Waals surface area contributed by atoms with E-state index >= 15 is 0 Å². The monoisotopic (exact) mass is 346 g/mol. The molecule has 24 heavy (non-hydrogen) atoms. The smallest absolute Gasteiger partial charge is 0.348 e. The Morgan fingerprint density at radius 3 is 2.88 bits per heavy atom. The molecule has 1 aromatic carbocycles. The van der Waals surface area contributed by atoms with Gasteiger partial charge in [0.05, 0.1) is 6.07 Å². The molecule has 124 valence electrons. The molecule has 1 saturated carbocycles. The second-order valence-corrected chi connectivity index (χ2v) is 7.09. The third kappa shape index (κ3) is 3.39. The standard InChI is InChI=1S/C17H15FN2O3S/c1-17(9-19,11-2-3-11)20-15(21)8-23-16(22)14-7-10-6-12(18)4-5-13(10)24-14/h4-7,11H,2-3,8H2,1H3,(H,20,21)/t17-/m0/s1. The molecule has 0 aliphatic heterocycles. The molecule has 3 rings (SSSR count). The zero-order valence-electron chi connectivity index (χ0n) is 13.0. The van der Waals surface area contributed by atoms with Crippen LogP contribution in [0.2, 0.25) is 0 Å². The van der Waals surface area contributed by atoms with Crippen molar-refractivity contribution in [3.63, 3.8) is 0 Å². The summed E-state index contributed by atoms with van der Waals surface area (Å²) < 4.78 is 18.9. The Labute approximate surface area is 142 Å². The first-order chi connectivity index (χ1) is 11.4. The summed E-state index contributed by atoms with van der Waals surface area (Å²) in [4.78, 5) is 24.3. The van der Waals surface area contributed by atoms with E-state index in [0.717, 1.165) is 17.5 Å². The van der Waals surface area contributed by atoms with E-state index in [1.54, 1.807) is 13.0 Å². The second kappa shape index (κ2) is 6.21. The van der Waals surface area contributed by atoms with Crippen molar-refractivity contribution in [1.82, 2.24) is 5.32 Å². The fourth-order valence-electron chi connectivity index (χ4n) is 2.52. The fraction of sp³-hybridized carbons (Fsp3) is 0.353. The molecule has 1 N–H and O–H groups in total. The molecule has 0 saturated heterocycles. The summed E-state index contributed by atoms with van der Waals surface area (Å²) in [6.07, 6.45) is 1.81. The molecule has 0 bridgehead atoms. The maximum absolute atomic E-state index is 13.2. The van der Waals surface area contributed by atoms with Gasteiger partial charge in [-0.1, -0.05) is 0 Å². The highest BCUT2D eigenvalue weighted by Gasteiger charge is 2.43. The van der Waals surface area contributed by atoms with E-state index in [1.165, 1.54) is 29.5 Å². The normalized spacial score (nSPS) is 16.2. The van der Waals surface area contributed by atoms with E-state index in [0.29, 0.717) is 10.3 Å². The van der Waals surface area contributed by atoms with Crippen LogP contribution in [0.3, 0.4) is 0 Å². The van der Waals surface area contributed by atoms with Crippen LogP contribution in [-0.4, -0.2) is 24.0 Å². The van der Waals surface area contributed by atoms with Gasteiger partial charge in [-0.15, -0.1) is 11.3 Å². The molecular weight excluding hydrogens is 331 g/mol. The van der Waals surface area contributed by atoms with Crippen molar-refractivity contribution in [2.45, 2.75) is 25.3 Å². The van der Waals surface area contributed by atoms with Gasteiger partial charge in [-0.25, -0.2) is 9.18 Å². The lowest BCUT2D eigenvalue weighted by molar-refractivity contribution is -0.125. The predicted molar refractivity (Wildman–Crippen MR) is 87.0 cm³/mol. The largest absolute Gasteiger partial charge is 0.451 e. The van der Waals surface area contributed by atoms with Gasteiger partial charge in [0.2, 0.25) is 0 Å². The van der Waals surface area contributed by atoms with E-state index in [9.17, 15) is 19.2 Å². The van der Waals surface area contributed by atoms with Crippen LogP contribution in [0.25, 0.3) is 10.1 Å². The minimum Gasteiger partial charge on any atom is -0.451 e. The Kier molecular flexibility index (Phi) is 4.24. The number of benzene rings is 1. The molecule has 2 aromatic rings. The second-order valence-electron chi connectivity index (χ2n) is 6.01. The molecule has 1 heterocycles. The first-order valence-electron chi connectivity index (χ1n) is 7.50. The Balaban J connectivity index is 1.60. The van der Waals surface area contributed by atoms with Gasteiger partial charge in [0, 0.05) is 4.70 Å². The topological polar surface area (TPSA) is 79.2 Å². The van der Waals surface area contributed by atoms with Crippen LogP contribution in [0.15, 0.2) is 24.3 Å². The van der Waals surface area contributed by atoms with Crippen molar-refractivity contribution in [2.75, 3.05) is 6.61 Å². The Bertz CT molecular complexity index is 853. The van der Waals surface area contributed by atoms with Crippen LogP contribution in [0.1, 0.15) is 29.4 Å². The van der Waals surface area contributed by atoms with E-state index in [2.05, 4.69) is 11.4 Å². The Hall–Kier alpha value is -2.46. The van der Waals surface area contributed by atoms with Gasteiger partial charge in [-0.2, -0.15) is 5.26 Å². The highest BCUT2D eigenvalue weighted by molar-refractivity contribution is 7.20. The number of hydrogen-bond acceptors (Lipinski definition) is 5. The molecular formula is C17H15FN2O3S. The van der Waals surface area contributed by atoms with Gasteiger partial charge in [0.1, 0.15) is 16.2 Å². The fourth-order valence-corrected chi connectivity index (χ4v) is 3.46. The van der Waals surface area contributed by atoms with Gasteiger partial charge in [-0.3, -0.25) is 4.79 Å². The summed E-state index contributed by atoms with van der Waals surface area (Å²) in [6.45, 7) is 1.22. The number of amides is 1. The number of esters is 1. The lowest BCUT2D eigenvalue weighted by atomic mass is 9.98. The van der Waals surface area contributed by atoms with Gasteiger partial charge >= 0.3 is 5.97 Å². The van der Waals surface area contributed by atoms with Crippen molar-refractivity contribution < 1.29 is 18.7 Å². The molecule has 1 aromatic heterocycles. The molecule has 0 unspecified atom stereocenters. The molecule has 1 amide bonds. The summed E-state index contributed by atoms with van der Waals surface area (Å²) in [6, 6.07) is 7.89. The zero-order valence-corrected chi connectivity index (χ0v) is 13.8. The zero-order chi connectivity index (χ0) is 17.3. The van der Waals surface area contributed by atoms with Crippen LogP contribution in [0.4, 0.5) is 4.39 Å². The molecule has 1 aliphatic carbocycles. The van der Waals surface area contributed by atoms with Crippen molar-refractivity contribution in [1.29, 1.82) is 5.26 Å². The molecule has 0 spiro atoms. The number of nitrogens with one attached hydrogen (secondary N) is 1. The van der Waals surface area contributed by atoms with Crippen LogP contribution in [-0.2, 0) is 9.53 Å². The third-order valence-electron chi connectivity index (χ3n) is 4.04. The lowest BCUT2D eigenvalue weighted by Gasteiger charge is -2.22. The summed E-state index contributed by atoms with van der Waals surface area (Å²) in [5, 5.41) is 12.4. The minimum absolute atomic E-state index is 0.152. The summed E-state index contributed by atoms with van der Waals surface area (Å²) in [5.74, 6) is -1.38. The van der Waals surface area contributed by atoms with E-state index in [-0.39, 0.29) is 11.7 Å². The average molecular weight is 346 g/mol. The number of rotatable bonds is 5. The van der Waals surface area contributed by atoms with Gasteiger partial charge in [0.25, 0.3) is 5.91 Å². The maximum atomic E-state index is 13.2. The maximum Gasteiger partial charge on any atom is 0.348 e. The first-order valence-corrected chi connectivity index (χ1v) is 8.31. The summed E-state index contributed by atoms with van der Waals surface area (Å²) in [5.41, 5.74) is -0.918. The highest BCUT2D eigenvalue weighted by Crippen LogP contribution is 2.39. The van der Waals surface area contributed by atoms with Crippen LogP contribution in [0.5, 0.6) is 0 Å².